The van der Waals surface area contributed by atoms with Crippen molar-refractivity contribution in [3.63, 3.8) is 0 Å². The molecule has 3 heteroatoms. The van der Waals surface area contributed by atoms with Crippen molar-refractivity contribution in [3.8, 4) is 0 Å². The molecule has 0 aromatic heterocycles. The van der Waals surface area contributed by atoms with E-state index in [4.69, 9.17) is 4.84 Å². The average Bonchev–Trinajstić information content (AvgIpc) is 1.69. The van der Waals surface area contributed by atoms with E-state index in [-0.39, 0.29) is 0 Å². The molecule has 0 aromatic carbocycles. The van der Waals surface area contributed by atoms with Gasteiger partial charge in [0.1, 0.15) is 0 Å². The fourth-order valence-corrected chi connectivity index (χ4v) is 0.311. The summed E-state index contributed by atoms with van der Waals surface area (Å²) in [6.07, 6.45) is 0. The van der Waals surface area contributed by atoms with E-state index in [9.17, 15) is 0 Å². The molecule has 0 bridgehead atoms. The standard InChI is InChI=1S/C4H11NOS/c1-2-5-6-3-4-7/h5,7H,2-4H2,1H3. The lowest BCUT2D eigenvalue weighted by Gasteiger charge is -1.97. The van der Waals surface area contributed by atoms with Crippen LogP contribution in [0.3, 0.4) is 0 Å². The molecule has 44 valence electrons. The van der Waals surface area contributed by atoms with Crippen LogP contribution in [0.25, 0.3) is 0 Å². The third-order valence-corrected chi connectivity index (χ3v) is 0.622. The highest BCUT2D eigenvalue weighted by atomic mass is 32.1. The van der Waals surface area contributed by atoms with Crippen molar-refractivity contribution in [2.24, 2.45) is 0 Å². The Labute approximate surface area is 49.6 Å². The molecule has 0 radical (unpaired) electrons. The molecule has 0 saturated carbocycles. The lowest BCUT2D eigenvalue weighted by molar-refractivity contribution is 0.0568. The van der Waals surface area contributed by atoms with Crippen molar-refractivity contribution in [3.05, 3.63) is 0 Å². The minimum Gasteiger partial charge on any atom is -0.301 e. The second-order valence-electron chi connectivity index (χ2n) is 1.07. The van der Waals surface area contributed by atoms with Gasteiger partial charge in [0.2, 0.25) is 0 Å². The molecule has 0 unspecified atom stereocenters. The number of hydrogen-bond donors (Lipinski definition) is 2. The maximum Gasteiger partial charge on any atom is 0.0770 e. The van der Waals surface area contributed by atoms with Crippen LogP contribution in [0, 0.1) is 0 Å². The van der Waals surface area contributed by atoms with Crippen LogP contribution < -0.4 is 5.48 Å². The smallest absolute Gasteiger partial charge is 0.0770 e. The summed E-state index contributed by atoms with van der Waals surface area (Å²) in [6, 6.07) is 0. The molecule has 0 heterocycles. The average molecular weight is 121 g/mol. The number of hydrogen-bond acceptors (Lipinski definition) is 3. The SMILES string of the molecule is CCNOCCS. The fourth-order valence-electron chi connectivity index (χ4n) is 0.220. The van der Waals surface area contributed by atoms with Crippen molar-refractivity contribution in [1.82, 2.24) is 5.48 Å². The van der Waals surface area contributed by atoms with Gasteiger partial charge in [0, 0.05) is 12.3 Å². The van der Waals surface area contributed by atoms with Gasteiger partial charge >= 0.3 is 0 Å². The maximum absolute atomic E-state index is 4.81. The molecule has 0 saturated heterocycles. The predicted molar refractivity (Wildman–Crippen MR) is 33.5 cm³/mol. The zero-order valence-corrected chi connectivity index (χ0v) is 5.37. The molecule has 0 aliphatic rings. The first-order chi connectivity index (χ1) is 3.41. The molecule has 7 heavy (non-hydrogen) atoms. The highest BCUT2D eigenvalue weighted by Crippen LogP contribution is 1.71. The molecule has 0 aliphatic heterocycles. The minimum absolute atomic E-state index is 0.678. The van der Waals surface area contributed by atoms with Crippen LogP contribution in [-0.2, 0) is 4.84 Å². The van der Waals surface area contributed by atoms with E-state index >= 15 is 0 Å². The molecular formula is C4H11NOS. The van der Waals surface area contributed by atoms with E-state index in [1.54, 1.807) is 0 Å². The van der Waals surface area contributed by atoms with Gasteiger partial charge in [-0.3, -0.25) is 0 Å². The molecule has 1 N–H and O–H groups in total. The van der Waals surface area contributed by atoms with Crippen molar-refractivity contribution >= 4 is 12.6 Å². The molecule has 0 aromatic rings. The van der Waals surface area contributed by atoms with Gasteiger partial charge < -0.3 is 4.84 Å². The van der Waals surface area contributed by atoms with Gasteiger partial charge in [-0.05, 0) is 0 Å². The van der Waals surface area contributed by atoms with Crippen LogP contribution in [0.2, 0.25) is 0 Å². The highest BCUT2D eigenvalue weighted by molar-refractivity contribution is 7.80. The first-order valence-corrected chi connectivity index (χ1v) is 3.00. The Hall–Kier alpha value is 0.270. The Kier molecular flexibility index (Phi) is 6.51. The van der Waals surface area contributed by atoms with Crippen molar-refractivity contribution in [2.45, 2.75) is 6.92 Å². The summed E-state index contributed by atoms with van der Waals surface area (Å²) in [6.45, 7) is 3.52. The normalized spacial score (nSPS) is 9.43. The van der Waals surface area contributed by atoms with Crippen LogP contribution in [0.1, 0.15) is 6.92 Å². The second kappa shape index (κ2) is 6.27. The molecule has 2 nitrogen and oxygen atoms in total. The summed E-state index contributed by atoms with van der Waals surface area (Å²) in [5.74, 6) is 0.771. The summed E-state index contributed by atoms with van der Waals surface area (Å²) in [7, 11) is 0. The lowest BCUT2D eigenvalue weighted by Crippen LogP contribution is -2.14. The van der Waals surface area contributed by atoms with Gasteiger partial charge in [0.15, 0.2) is 0 Å². The Balaban J connectivity index is 2.45. The molecule has 0 rings (SSSR count). The highest BCUT2D eigenvalue weighted by Gasteiger charge is 1.76. The number of nitrogens with one attached hydrogen (secondary N) is 1. The van der Waals surface area contributed by atoms with Gasteiger partial charge in [-0.2, -0.15) is 12.6 Å². The van der Waals surface area contributed by atoms with Crippen LogP contribution in [0.15, 0.2) is 0 Å². The zero-order chi connectivity index (χ0) is 5.54. The summed E-state index contributed by atoms with van der Waals surface area (Å²) >= 11 is 3.93. The van der Waals surface area contributed by atoms with E-state index in [0.29, 0.717) is 6.61 Å². The monoisotopic (exact) mass is 121 g/mol. The second-order valence-corrected chi connectivity index (χ2v) is 1.52. The van der Waals surface area contributed by atoms with E-state index in [1.807, 2.05) is 6.92 Å². The van der Waals surface area contributed by atoms with E-state index in [1.165, 1.54) is 0 Å². The van der Waals surface area contributed by atoms with Gasteiger partial charge in [0.25, 0.3) is 0 Å². The van der Waals surface area contributed by atoms with Gasteiger partial charge in [-0.15, -0.1) is 0 Å². The molecule has 0 fully saturated rings. The van der Waals surface area contributed by atoms with E-state index in [0.717, 1.165) is 12.3 Å². The first kappa shape index (κ1) is 7.27. The van der Waals surface area contributed by atoms with Crippen LogP contribution in [-0.4, -0.2) is 18.9 Å². The maximum atomic E-state index is 4.81. The molecule has 0 atom stereocenters. The Morgan fingerprint density at radius 3 is 2.86 bits per heavy atom. The zero-order valence-electron chi connectivity index (χ0n) is 4.48. The van der Waals surface area contributed by atoms with Crippen molar-refractivity contribution in [2.75, 3.05) is 18.9 Å². The molecule has 0 amide bonds. The summed E-state index contributed by atoms with van der Waals surface area (Å²) < 4.78 is 0. The quantitative estimate of drug-likeness (QED) is 0.320. The Morgan fingerprint density at radius 2 is 2.43 bits per heavy atom. The number of rotatable bonds is 4. The van der Waals surface area contributed by atoms with Crippen molar-refractivity contribution in [1.29, 1.82) is 0 Å². The molecule has 0 spiro atoms. The Morgan fingerprint density at radius 1 is 1.71 bits per heavy atom. The van der Waals surface area contributed by atoms with Gasteiger partial charge in [0.05, 0.1) is 6.61 Å². The minimum atomic E-state index is 0.678. The summed E-state index contributed by atoms with van der Waals surface area (Å²) in [5, 5.41) is 0. The summed E-state index contributed by atoms with van der Waals surface area (Å²) in [4.78, 5) is 4.81. The van der Waals surface area contributed by atoms with Crippen LogP contribution in [0.4, 0.5) is 0 Å². The van der Waals surface area contributed by atoms with E-state index < -0.39 is 0 Å². The molecular weight excluding hydrogens is 110 g/mol. The van der Waals surface area contributed by atoms with Crippen LogP contribution >= 0.6 is 12.6 Å². The Bertz CT molecular complexity index is 30.9. The predicted octanol–water partition coefficient (Wildman–Crippen LogP) is 0.457. The van der Waals surface area contributed by atoms with Crippen molar-refractivity contribution < 1.29 is 4.84 Å². The molecule has 0 aliphatic carbocycles. The van der Waals surface area contributed by atoms with E-state index in [2.05, 4.69) is 18.1 Å². The third-order valence-electron chi connectivity index (χ3n) is 0.440. The number of thiol groups is 1. The number of hydroxylamine groups is 1. The summed E-state index contributed by atoms with van der Waals surface area (Å²) in [5.41, 5.74) is 2.70. The van der Waals surface area contributed by atoms with Crippen LogP contribution in [0.5, 0.6) is 0 Å². The lowest BCUT2D eigenvalue weighted by atomic mass is 10.8. The topological polar surface area (TPSA) is 21.3 Å². The first-order valence-electron chi connectivity index (χ1n) is 2.37. The van der Waals surface area contributed by atoms with Gasteiger partial charge in [-0.1, -0.05) is 6.92 Å². The van der Waals surface area contributed by atoms with Gasteiger partial charge in [-0.25, -0.2) is 5.48 Å². The fraction of sp³-hybridized carbons (Fsp3) is 1.00. The third kappa shape index (κ3) is 6.27. The largest absolute Gasteiger partial charge is 0.301 e.